The Bertz CT molecular complexity index is 300. The molecule has 2 aliphatic carbocycles. The molecule has 0 saturated heterocycles. The van der Waals surface area contributed by atoms with E-state index in [0.29, 0.717) is 6.42 Å². The minimum Gasteiger partial charge on any atom is -0.393 e. The van der Waals surface area contributed by atoms with Crippen LogP contribution in [0.1, 0.15) is 40.0 Å². The Morgan fingerprint density at radius 1 is 1.36 bits per heavy atom. The van der Waals surface area contributed by atoms with Gasteiger partial charge in [-0.1, -0.05) is 20.8 Å². The van der Waals surface area contributed by atoms with E-state index in [4.69, 9.17) is 5.73 Å². The molecule has 3 N–H and O–H groups in total. The summed E-state index contributed by atoms with van der Waals surface area (Å²) < 4.78 is 0. The van der Waals surface area contributed by atoms with Gasteiger partial charge >= 0.3 is 0 Å². The summed E-state index contributed by atoms with van der Waals surface area (Å²) in [6, 6.07) is 0. The number of hydrogen-bond donors (Lipinski definition) is 2. The minimum atomic E-state index is -0.471. The van der Waals surface area contributed by atoms with E-state index in [-0.39, 0.29) is 22.8 Å². The van der Waals surface area contributed by atoms with Crippen LogP contribution in [0.3, 0.4) is 0 Å². The van der Waals surface area contributed by atoms with Gasteiger partial charge in [-0.15, -0.1) is 0 Å². The highest BCUT2D eigenvalue weighted by molar-refractivity contribution is 5.83. The van der Waals surface area contributed by atoms with Gasteiger partial charge in [0.25, 0.3) is 0 Å². The summed E-state index contributed by atoms with van der Waals surface area (Å²) in [7, 11) is 0. The second-order valence-electron chi connectivity index (χ2n) is 5.71. The van der Waals surface area contributed by atoms with Crippen LogP contribution >= 0.6 is 0 Å². The molecule has 2 aliphatic rings. The molecule has 3 nitrogen and oxygen atoms in total. The van der Waals surface area contributed by atoms with E-state index in [9.17, 15) is 9.90 Å². The molecule has 2 bridgehead atoms. The van der Waals surface area contributed by atoms with Gasteiger partial charge in [-0.25, -0.2) is 0 Å². The Hall–Kier alpha value is -0.570. The van der Waals surface area contributed by atoms with Crippen molar-refractivity contribution in [2.45, 2.75) is 46.1 Å². The predicted molar refractivity (Wildman–Crippen MR) is 53.4 cm³/mol. The first-order chi connectivity index (χ1) is 6.28. The number of rotatable bonds is 1. The van der Waals surface area contributed by atoms with Gasteiger partial charge in [0.05, 0.1) is 11.5 Å². The molecule has 0 aromatic rings. The first-order valence-electron chi connectivity index (χ1n) is 5.26. The number of amides is 1. The summed E-state index contributed by atoms with van der Waals surface area (Å²) in [6.45, 7) is 6.22. The first-order valence-corrected chi connectivity index (χ1v) is 5.26. The number of aliphatic hydroxyl groups is 1. The molecule has 1 amide bonds. The van der Waals surface area contributed by atoms with Gasteiger partial charge in [0.15, 0.2) is 0 Å². The van der Waals surface area contributed by atoms with Crippen molar-refractivity contribution < 1.29 is 9.90 Å². The minimum absolute atomic E-state index is 0.137. The number of carbonyl (C=O) groups is 1. The summed E-state index contributed by atoms with van der Waals surface area (Å²) in [4.78, 5) is 11.6. The molecule has 0 spiro atoms. The fourth-order valence-corrected chi connectivity index (χ4v) is 3.67. The van der Waals surface area contributed by atoms with E-state index >= 15 is 0 Å². The summed E-state index contributed by atoms with van der Waals surface area (Å²) in [5.74, 6) is -0.234. The fraction of sp³-hybridized carbons (Fsp3) is 0.909. The van der Waals surface area contributed by atoms with Crippen LogP contribution in [-0.4, -0.2) is 17.1 Å². The Balaban J connectivity index is 2.54. The zero-order valence-corrected chi connectivity index (χ0v) is 9.13. The van der Waals surface area contributed by atoms with E-state index in [2.05, 4.69) is 20.8 Å². The maximum atomic E-state index is 11.6. The molecule has 2 rings (SSSR count). The Morgan fingerprint density at radius 2 is 1.93 bits per heavy atom. The Labute approximate surface area is 84.7 Å². The molecule has 2 fully saturated rings. The molecule has 14 heavy (non-hydrogen) atoms. The lowest BCUT2D eigenvalue weighted by atomic mass is 9.64. The van der Waals surface area contributed by atoms with E-state index in [1.165, 1.54) is 0 Å². The smallest absolute Gasteiger partial charge is 0.224 e. The number of aliphatic hydroxyl groups excluding tert-OH is 1. The second kappa shape index (κ2) is 2.32. The average molecular weight is 197 g/mol. The van der Waals surface area contributed by atoms with E-state index in [1.54, 1.807) is 0 Å². The molecule has 0 heterocycles. The van der Waals surface area contributed by atoms with Crippen molar-refractivity contribution in [3.05, 3.63) is 0 Å². The molecule has 3 atom stereocenters. The van der Waals surface area contributed by atoms with Crippen molar-refractivity contribution in [2.24, 2.45) is 22.0 Å². The van der Waals surface area contributed by atoms with Crippen LogP contribution < -0.4 is 5.73 Å². The number of fused-ring (bicyclic) bond motifs is 2. The van der Waals surface area contributed by atoms with Crippen LogP contribution in [-0.2, 0) is 4.79 Å². The molecule has 2 saturated carbocycles. The zero-order chi connectivity index (χ0) is 10.8. The monoisotopic (exact) mass is 197 g/mol. The standard InChI is InChI=1S/C11H19NO2/c1-9(2)10(3)4-5-11(9,8(12)14)6-7(10)13/h7,13H,4-6H2,1-3H3,(H2,12,14)/t7-,10-,11+/m1/s1. The fourth-order valence-electron chi connectivity index (χ4n) is 3.67. The second-order valence-corrected chi connectivity index (χ2v) is 5.71. The molecular formula is C11H19NO2. The van der Waals surface area contributed by atoms with E-state index in [1.807, 2.05) is 0 Å². The van der Waals surface area contributed by atoms with Gasteiger partial charge in [0.2, 0.25) is 5.91 Å². The largest absolute Gasteiger partial charge is 0.393 e. The Morgan fingerprint density at radius 3 is 2.14 bits per heavy atom. The lowest BCUT2D eigenvalue weighted by Crippen LogP contribution is -2.44. The van der Waals surface area contributed by atoms with Crippen LogP contribution in [0.2, 0.25) is 0 Å². The zero-order valence-electron chi connectivity index (χ0n) is 9.13. The van der Waals surface area contributed by atoms with Gasteiger partial charge in [0.1, 0.15) is 0 Å². The molecule has 0 unspecified atom stereocenters. The van der Waals surface area contributed by atoms with E-state index in [0.717, 1.165) is 12.8 Å². The number of carbonyl (C=O) groups excluding carboxylic acids is 1. The van der Waals surface area contributed by atoms with Crippen LogP contribution in [0.5, 0.6) is 0 Å². The molecule has 80 valence electrons. The van der Waals surface area contributed by atoms with Crippen molar-refractivity contribution in [1.29, 1.82) is 0 Å². The molecule has 0 radical (unpaired) electrons. The van der Waals surface area contributed by atoms with Gasteiger partial charge in [-0.05, 0) is 30.1 Å². The van der Waals surface area contributed by atoms with Crippen molar-refractivity contribution in [2.75, 3.05) is 0 Å². The summed E-state index contributed by atoms with van der Waals surface area (Å²) in [6.07, 6.45) is 1.91. The maximum Gasteiger partial charge on any atom is 0.224 e. The molecular weight excluding hydrogens is 178 g/mol. The summed E-state index contributed by atoms with van der Waals surface area (Å²) in [5, 5.41) is 10.0. The first kappa shape index (κ1) is 9.97. The van der Waals surface area contributed by atoms with Crippen LogP contribution in [0, 0.1) is 16.2 Å². The number of hydrogen-bond acceptors (Lipinski definition) is 2. The molecule has 0 aromatic carbocycles. The highest BCUT2D eigenvalue weighted by Crippen LogP contribution is 2.71. The van der Waals surface area contributed by atoms with Gasteiger partial charge in [0, 0.05) is 0 Å². The highest BCUT2D eigenvalue weighted by atomic mass is 16.3. The van der Waals surface area contributed by atoms with Crippen LogP contribution in [0.25, 0.3) is 0 Å². The third kappa shape index (κ3) is 0.724. The predicted octanol–water partition coefficient (Wildman–Crippen LogP) is 1.05. The number of primary amides is 1. The maximum absolute atomic E-state index is 11.6. The normalized spacial score (nSPS) is 49.6. The average Bonchev–Trinajstić information content (AvgIpc) is 2.34. The lowest BCUT2D eigenvalue weighted by Gasteiger charge is -2.39. The van der Waals surface area contributed by atoms with Crippen molar-refractivity contribution in [3.63, 3.8) is 0 Å². The summed E-state index contributed by atoms with van der Waals surface area (Å²) >= 11 is 0. The van der Waals surface area contributed by atoms with Gasteiger partial charge in [-0.3, -0.25) is 4.79 Å². The molecule has 0 aromatic heterocycles. The number of nitrogens with two attached hydrogens (primary N) is 1. The Kier molecular flexibility index (Phi) is 1.65. The van der Waals surface area contributed by atoms with Crippen molar-refractivity contribution in [1.82, 2.24) is 0 Å². The SMILES string of the molecule is CC1(C)[C@@]2(C(N)=O)CC[C@]1(C)[C@H](O)C2. The quantitative estimate of drug-likeness (QED) is 0.660. The summed E-state index contributed by atoms with van der Waals surface area (Å²) in [5.41, 5.74) is 4.73. The third-order valence-corrected chi connectivity index (χ3v) is 5.44. The van der Waals surface area contributed by atoms with Crippen molar-refractivity contribution >= 4 is 5.91 Å². The molecule has 3 heteroatoms. The van der Waals surface area contributed by atoms with Gasteiger partial charge < -0.3 is 10.8 Å². The highest BCUT2D eigenvalue weighted by Gasteiger charge is 2.71. The van der Waals surface area contributed by atoms with Gasteiger partial charge in [-0.2, -0.15) is 0 Å². The van der Waals surface area contributed by atoms with Crippen molar-refractivity contribution in [3.8, 4) is 0 Å². The third-order valence-electron chi connectivity index (χ3n) is 5.44. The molecule has 0 aliphatic heterocycles. The van der Waals surface area contributed by atoms with Crippen LogP contribution in [0.15, 0.2) is 0 Å². The lowest BCUT2D eigenvalue weighted by molar-refractivity contribution is -0.132. The topological polar surface area (TPSA) is 63.3 Å². The van der Waals surface area contributed by atoms with E-state index < -0.39 is 5.41 Å². The van der Waals surface area contributed by atoms with Crippen LogP contribution in [0.4, 0.5) is 0 Å².